The Morgan fingerprint density at radius 3 is 3.00 bits per heavy atom. The average molecular weight is 199 g/mol. The molecule has 1 fully saturated rings. The van der Waals surface area contributed by atoms with Gasteiger partial charge in [-0.2, -0.15) is 0 Å². The van der Waals surface area contributed by atoms with Crippen LogP contribution in [0.3, 0.4) is 0 Å². The van der Waals surface area contributed by atoms with Crippen molar-refractivity contribution in [3.63, 3.8) is 0 Å². The number of rotatable bonds is 5. The minimum absolute atomic E-state index is 0.0354. The molecule has 1 atom stereocenters. The fraction of sp³-hybridized carbons (Fsp3) is 0.778. The highest BCUT2D eigenvalue weighted by Crippen LogP contribution is 2.06. The number of nitrogens with zero attached hydrogens (tertiary/aromatic N) is 1. The number of hydrogen-bond donors (Lipinski definition) is 2. The zero-order valence-electron chi connectivity index (χ0n) is 8.24. The van der Waals surface area contributed by atoms with Crippen molar-refractivity contribution in [1.29, 1.82) is 0 Å². The van der Waals surface area contributed by atoms with Crippen molar-refractivity contribution in [2.75, 3.05) is 19.6 Å². The Labute approximate surface area is 83.6 Å². The predicted octanol–water partition coefficient (Wildman–Crippen LogP) is -0.928. The predicted molar refractivity (Wildman–Crippen MR) is 52.5 cm³/mol. The summed E-state index contributed by atoms with van der Waals surface area (Å²) in [6.45, 7) is 1.92. The normalized spacial score (nSPS) is 20.9. The summed E-state index contributed by atoms with van der Waals surface area (Å²) >= 11 is 0. The number of carbonyl (C=O) groups excluding carboxylic acids is 2. The molecule has 0 aromatic heterocycles. The molecular formula is C9H17N3O2. The van der Waals surface area contributed by atoms with Gasteiger partial charge in [0, 0.05) is 25.6 Å². The molecule has 1 heterocycles. The van der Waals surface area contributed by atoms with E-state index >= 15 is 0 Å². The molecule has 1 rings (SSSR count). The van der Waals surface area contributed by atoms with Gasteiger partial charge < -0.3 is 16.0 Å². The van der Waals surface area contributed by atoms with Gasteiger partial charge in [0.25, 0.3) is 0 Å². The highest BCUT2D eigenvalue weighted by molar-refractivity contribution is 5.76. The second-order valence-electron chi connectivity index (χ2n) is 3.55. The highest BCUT2D eigenvalue weighted by atomic mass is 16.2. The van der Waals surface area contributed by atoms with Crippen molar-refractivity contribution in [3.05, 3.63) is 0 Å². The van der Waals surface area contributed by atoms with Crippen LogP contribution in [0, 0.1) is 0 Å². The molecule has 0 bridgehead atoms. The van der Waals surface area contributed by atoms with E-state index in [1.54, 1.807) is 4.90 Å². The number of carbonyl (C=O) groups is 2. The summed E-state index contributed by atoms with van der Waals surface area (Å²) in [7, 11) is 0. The lowest BCUT2D eigenvalue weighted by atomic mass is 10.2. The number of likely N-dealkylation sites (tertiary alicyclic amines) is 1. The first-order valence-electron chi connectivity index (χ1n) is 4.95. The van der Waals surface area contributed by atoms with Crippen molar-refractivity contribution in [2.24, 2.45) is 5.73 Å². The third-order valence-corrected chi connectivity index (χ3v) is 2.34. The first-order valence-corrected chi connectivity index (χ1v) is 4.95. The third kappa shape index (κ3) is 3.33. The van der Waals surface area contributed by atoms with Gasteiger partial charge in [-0.3, -0.25) is 9.59 Å². The van der Waals surface area contributed by atoms with Crippen LogP contribution >= 0.6 is 0 Å². The van der Waals surface area contributed by atoms with Crippen molar-refractivity contribution in [2.45, 2.75) is 25.3 Å². The monoisotopic (exact) mass is 199 g/mol. The van der Waals surface area contributed by atoms with Gasteiger partial charge in [-0.1, -0.05) is 0 Å². The topological polar surface area (TPSA) is 75.4 Å². The molecule has 1 aliphatic rings. The molecule has 0 aliphatic carbocycles. The Hall–Kier alpha value is -1.10. The average Bonchev–Trinajstić information content (AvgIpc) is 2.62. The molecular weight excluding hydrogens is 182 g/mol. The first kappa shape index (κ1) is 11.0. The maximum atomic E-state index is 11.3. The molecule has 1 aliphatic heterocycles. The maximum absolute atomic E-state index is 11.3. The molecule has 1 unspecified atom stereocenters. The molecule has 0 spiro atoms. The Balaban J connectivity index is 2.18. The summed E-state index contributed by atoms with van der Waals surface area (Å²) in [6.07, 6.45) is 2.88. The second kappa shape index (κ2) is 5.59. The van der Waals surface area contributed by atoms with Gasteiger partial charge in [0.15, 0.2) is 0 Å². The summed E-state index contributed by atoms with van der Waals surface area (Å²) < 4.78 is 0. The van der Waals surface area contributed by atoms with Gasteiger partial charge in [0.05, 0.1) is 0 Å². The zero-order chi connectivity index (χ0) is 10.4. The molecule has 3 N–H and O–H groups in total. The standard InChI is InChI=1S/C9H17N3O2/c10-4-1-2-9(14)11-8-3-5-12(6-8)7-13/h7-8H,1-6,10H2,(H,11,14). The van der Waals surface area contributed by atoms with Crippen LogP contribution in [0.15, 0.2) is 0 Å². The summed E-state index contributed by atoms with van der Waals surface area (Å²) in [4.78, 5) is 23.4. The van der Waals surface area contributed by atoms with Crippen LogP contribution in [0.5, 0.6) is 0 Å². The Bertz CT molecular complexity index is 208. The molecule has 5 heteroatoms. The van der Waals surface area contributed by atoms with Crippen molar-refractivity contribution in [1.82, 2.24) is 10.2 Å². The number of hydrogen-bond acceptors (Lipinski definition) is 3. The van der Waals surface area contributed by atoms with Gasteiger partial charge in [-0.15, -0.1) is 0 Å². The van der Waals surface area contributed by atoms with Gasteiger partial charge in [0.1, 0.15) is 0 Å². The smallest absolute Gasteiger partial charge is 0.220 e. The molecule has 80 valence electrons. The summed E-state index contributed by atoms with van der Waals surface area (Å²) in [5, 5.41) is 2.88. The summed E-state index contributed by atoms with van der Waals surface area (Å²) in [6, 6.07) is 0.130. The van der Waals surface area contributed by atoms with Crippen LogP contribution in [-0.2, 0) is 9.59 Å². The lowest BCUT2D eigenvalue weighted by Gasteiger charge is -2.12. The molecule has 0 saturated carbocycles. The van der Waals surface area contributed by atoms with Gasteiger partial charge in [0.2, 0.25) is 12.3 Å². The van der Waals surface area contributed by atoms with E-state index in [0.29, 0.717) is 19.5 Å². The van der Waals surface area contributed by atoms with Crippen LogP contribution in [-0.4, -0.2) is 42.9 Å². The van der Waals surface area contributed by atoms with Crippen molar-refractivity contribution in [3.8, 4) is 0 Å². The molecule has 14 heavy (non-hydrogen) atoms. The number of nitrogens with one attached hydrogen (secondary N) is 1. The molecule has 5 nitrogen and oxygen atoms in total. The number of amides is 2. The van der Waals surface area contributed by atoms with E-state index in [9.17, 15) is 9.59 Å². The van der Waals surface area contributed by atoms with Crippen LogP contribution in [0.4, 0.5) is 0 Å². The first-order chi connectivity index (χ1) is 6.76. The van der Waals surface area contributed by atoms with Crippen LogP contribution in [0.1, 0.15) is 19.3 Å². The van der Waals surface area contributed by atoms with E-state index < -0.39 is 0 Å². The molecule has 2 amide bonds. The van der Waals surface area contributed by atoms with E-state index in [1.807, 2.05) is 0 Å². The van der Waals surface area contributed by atoms with E-state index in [1.165, 1.54) is 0 Å². The van der Waals surface area contributed by atoms with Crippen LogP contribution in [0.25, 0.3) is 0 Å². The minimum Gasteiger partial charge on any atom is -0.352 e. The van der Waals surface area contributed by atoms with E-state index in [4.69, 9.17) is 5.73 Å². The lowest BCUT2D eigenvalue weighted by Crippen LogP contribution is -2.36. The second-order valence-corrected chi connectivity index (χ2v) is 3.55. The van der Waals surface area contributed by atoms with Crippen molar-refractivity contribution >= 4 is 12.3 Å². The van der Waals surface area contributed by atoms with Crippen molar-refractivity contribution < 1.29 is 9.59 Å². The number of nitrogens with two attached hydrogens (primary N) is 1. The van der Waals surface area contributed by atoms with Gasteiger partial charge in [-0.05, 0) is 19.4 Å². The fourth-order valence-electron chi connectivity index (χ4n) is 1.56. The van der Waals surface area contributed by atoms with Gasteiger partial charge in [-0.25, -0.2) is 0 Å². The maximum Gasteiger partial charge on any atom is 0.220 e. The SMILES string of the molecule is NCCCC(=O)NC1CCN(C=O)C1. The quantitative estimate of drug-likeness (QED) is 0.562. The van der Waals surface area contributed by atoms with Crippen LogP contribution in [0.2, 0.25) is 0 Å². The Morgan fingerprint density at radius 2 is 2.43 bits per heavy atom. The van der Waals surface area contributed by atoms with E-state index in [-0.39, 0.29) is 11.9 Å². The minimum atomic E-state index is 0.0354. The van der Waals surface area contributed by atoms with E-state index in [0.717, 1.165) is 25.8 Å². The summed E-state index contributed by atoms with van der Waals surface area (Å²) in [5.74, 6) is 0.0354. The Morgan fingerprint density at radius 1 is 1.64 bits per heavy atom. The highest BCUT2D eigenvalue weighted by Gasteiger charge is 2.21. The Kier molecular flexibility index (Phi) is 4.39. The molecule has 0 radical (unpaired) electrons. The molecule has 0 aromatic rings. The molecule has 1 saturated heterocycles. The lowest BCUT2D eigenvalue weighted by molar-refractivity contribution is -0.122. The van der Waals surface area contributed by atoms with Gasteiger partial charge >= 0.3 is 0 Å². The summed E-state index contributed by atoms with van der Waals surface area (Å²) in [5.41, 5.74) is 5.29. The fourth-order valence-corrected chi connectivity index (χ4v) is 1.56. The molecule has 0 aromatic carbocycles. The third-order valence-electron chi connectivity index (χ3n) is 2.34. The largest absolute Gasteiger partial charge is 0.352 e. The van der Waals surface area contributed by atoms with E-state index in [2.05, 4.69) is 5.32 Å². The van der Waals surface area contributed by atoms with Crippen LogP contribution < -0.4 is 11.1 Å². The zero-order valence-corrected chi connectivity index (χ0v) is 8.24.